The number of hydrogen-bond donors (Lipinski definition) is 1. The van der Waals surface area contributed by atoms with Crippen molar-refractivity contribution < 1.29 is 42.6 Å². The first-order valence-electron chi connectivity index (χ1n) is 19.8. The molecule has 0 saturated carbocycles. The zero-order valence-electron chi connectivity index (χ0n) is 32.8. The van der Waals surface area contributed by atoms with Gasteiger partial charge in [-0.3, -0.25) is 14.9 Å². The molecule has 14 nitrogen and oxygen atoms in total. The highest BCUT2D eigenvalue weighted by Crippen LogP contribution is 2.48. The summed E-state index contributed by atoms with van der Waals surface area (Å²) in [4.78, 5) is 70.5. The monoisotopic (exact) mass is 822 g/mol. The number of aryl methyl sites for hydroxylation is 1. The predicted octanol–water partition coefficient (Wildman–Crippen LogP) is 8.18. The van der Waals surface area contributed by atoms with Crippen molar-refractivity contribution in [1.82, 2.24) is 14.9 Å². The van der Waals surface area contributed by atoms with Crippen molar-refractivity contribution in [3.63, 3.8) is 0 Å². The van der Waals surface area contributed by atoms with E-state index in [2.05, 4.69) is 17.4 Å². The van der Waals surface area contributed by atoms with Crippen LogP contribution in [-0.2, 0) is 44.2 Å². The highest BCUT2D eigenvalue weighted by atomic mass is 19.1. The van der Waals surface area contributed by atoms with Crippen LogP contribution >= 0.6 is 0 Å². The maximum Gasteiger partial charge on any atom is 0.515 e. The van der Waals surface area contributed by atoms with E-state index in [9.17, 15) is 29.3 Å². The van der Waals surface area contributed by atoms with Gasteiger partial charge in [0.1, 0.15) is 24.8 Å². The fourth-order valence-electron chi connectivity index (χ4n) is 9.53. The Morgan fingerprint density at radius 2 is 1.70 bits per heavy atom. The molecule has 0 spiro atoms. The second-order valence-corrected chi connectivity index (χ2v) is 15.5. The molecule has 0 radical (unpaired) electrons. The lowest BCUT2D eigenvalue weighted by Gasteiger charge is -2.35. The van der Waals surface area contributed by atoms with Gasteiger partial charge in [0.05, 0.1) is 40.0 Å². The van der Waals surface area contributed by atoms with E-state index in [4.69, 9.17) is 23.9 Å². The first-order chi connectivity index (χ1) is 29.5. The third-order valence-electron chi connectivity index (χ3n) is 12.5. The van der Waals surface area contributed by atoms with Gasteiger partial charge in [-0.05, 0) is 83.3 Å². The highest BCUT2D eigenvalue weighted by molar-refractivity contribution is 5.94. The van der Waals surface area contributed by atoms with Crippen molar-refractivity contribution in [2.75, 3.05) is 6.61 Å². The summed E-state index contributed by atoms with van der Waals surface area (Å²) in [5.74, 6) is -1.61. The van der Waals surface area contributed by atoms with E-state index in [0.29, 0.717) is 51.8 Å². The number of hydrogen-bond acceptors (Lipinski definition) is 11. The Bertz CT molecular complexity index is 2940. The van der Waals surface area contributed by atoms with Crippen LogP contribution in [0.4, 0.5) is 19.7 Å². The van der Waals surface area contributed by atoms with Crippen LogP contribution in [0.25, 0.3) is 33.4 Å². The van der Waals surface area contributed by atoms with Crippen molar-refractivity contribution in [2.24, 2.45) is 0 Å². The van der Waals surface area contributed by atoms with Crippen LogP contribution in [0.15, 0.2) is 89.7 Å². The average Bonchev–Trinajstić information content (AvgIpc) is 3.79. The van der Waals surface area contributed by atoms with Crippen molar-refractivity contribution in [1.29, 1.82) is 0 Å². The number of cyclic esters (lactones) is 1. The fraction of sp³-hybridized carbons (Fsp3) is 0.239. The van der Waals surface area contributed by atoms with E-state index in [1.165, 1.54) is 22.8 Å². The van der Waals surface area contributed by atoms with Gasteiger partial charge in [-0.25, -0.2) is 23.8 Å². The minimum atomic E-state index is -2.11. The van der Waals surface area contributed by atoms with Gasteiger partial charge in [0.25, 0.3) is 11.2 Å². The average molecular weight is 823 g/mol. The Labute approximate surface area is 346 Å². The fourth-order valence-corrected chi connectivity index (χ4v) is 9.53. The molecule has 61 heavy (non-hydrogen) atoms. The number of rotatable bonds is 7. The van der Waals surface area contributed by atoms with Crippen LogP contribution in [0, 0.1) is 22.9 Å². The number of ether oxygens (including phenoxy) is 4. The standard InChI is InChI=1S/C46H35FN4O10/c1-3-46(61-45(55)60-25-14-12-24(13-15-25)51(56)57)34-18-38-41-31(20-50(38)42(52)33(34)22-58-43(46)53)40-36(17-16-26-23(2)35(47)19-37(48-41)39(26)40)49-44(54)59-21-32-29-10-6-4-8-27(29)28-9-5-7-11-30(28)32/h4-15,18-19,32,36H,3,16-17,20-22H2,1-2H3,(H,49,54)/t36-,46-/m0/s1. The van der Waals surface area contributed by atoms with Crippen LogP contribution in [0.2, 0.25) is 0 Å². The lowest BCUT2D eigenvalue weighted by atomic mass is 9.81. The van der Waals surface area contributed by atoms with Crippen LogP contribution in [0.1, 0.15) is 76.2 Å². The smallest absolute Gasteiger partial charge is 0.457 e. The quantitative estimate of drug-likeness (QED) is 0.0539. The molecule has 10 rings (SSSR count). The summed E-state index contributed by atoms with van der Waals surface area (Å²) < 4.78 is 39.5. The molecule has 2 atom stereocenters. The number of esters is 1. The van der Waals surface area contributed by atoms with Gasteiger partial charge in [-0.1, -0.05) is 55.5 Å². The second kappa shape index (κ2) is 14.1. The number of amides is 1. The van der Waals surface area contributed by atoms with E-state index in [1.807, 2.05) is 36.4 Å². The third kappa shape index (κ3) is 5.85. The molecule has 2 aliphatic heterocycles. The number of nitro groups is 1. The van der Waals surface area contributed by atoms with Crippen molar-refractivity contribution in [2.45, 2.75) is 63.8 Å². The summed E-state index contributed by atoms with van der Waals surface area (Å²) in [7, 11) is 0. The zero-order valence-corrected chi connectivity index (χ0v) is 32.8. The number of nitro benzene ring substituents is 1. The molecule has 4 heterocycles. The summed E-state index contributed by atoms with van der Waals surface area (Å²) >= 11 is 0. The summed E-state index contributed by atoms with van der Waals surface area (Å²) in [5, 5.41) is 14.9. The van der Waals surface area contributed by atoms with Gasteiger partial charge >= 0.3 is 18.2 Å². The van der Waals surface area contributed by atoms with Crippen LogP contribution in [0.3, 0.4) is 0 Å². The van der Waals surface area contributed by atoms with Gasteiger partial charge in [-0.2, -0.15) is 0 Å². The predicted molar refractivity (Wildman–Crippen MR) is 216 cm³/mol. The summed E-state index contributed by atoms with van der Waals surface area (Å²) in [5.41, 5.74) is 5.18. The molecule has 2 aromatic heterocycles. The Kier molecular flexibility index (Phi) is 8.75. The van der Waals surface area contributed by atoms with Crippen molar-refractivity contribution in [3.8, 4) is 28.3 Å². The van der Waals surface area contributed by atoms with Gasteiger partial charge in [-0.15, -0.1) is 0 Å². The van der Waals surface area contributed by atoms with Crippen molar-refractivity contribution >= 4 is 34.8 Å². The van der Waals surface area contributed by atoms with Gasteiger partial charge in [0.2, 0.25) is 5.60 Å². The topological polar surface area (TPSA) is 178 Å². The largest absolute Gasteiger partial charge is 0.515 e. The number of fused-ring (bicyclic) bond motifs is 8. The molecule has 2 aliphatic carbocycles. The molecule has 4 aromatic carbocycles. The molecular weight excluding hydrogens is 788 g/mol. The Morgan fingerprint density at radius 1 is 1.00 bits per heavy atom. The molecule has 306 valence electrons. The SMILES string of the molecule is CC[C@@]1(OC(=O)Oc2ccc([N+](=O)[O-])cc2)C(=O)OCc2c1cc1n(c2=O)Cc2c-1nc1cc(F)c(C)c3c1c2[C@@H](NC(=O)OCC1c2ccccc2-c2ccccc21)CC3. The summed E-state index contributed by atoms with van der Waals surface area (Å²) in [6.45, 7) is 3.05. The molecule has 4 aliphatic rings. The molecule has 6 aromatic rings. The number of aromatic nitrogens is 2. The molecule has 15 heteroatoms. The Balaban J connectivity index is 1.01. The first kappa shape index (κ1) is 37.8. The van der Waals surface area contributed by atoms with Crippen LogP contribution < -0.4 is 15.6 Å². The Morgan fingerprint density at radius 3 is 2.39 bits per heavy atom. The molecule has 0 saturated heterocycles. The number of halogens is 1. The lowest BCUT2D eigenvalue weighted by molar-refractivity contribution is -0.384. The highest BCUT2D eigenvalue weighted by Gasteiger charge is 2.51. The van der Waals surface area contributed by atoms with E-state index in [0.717, 1.165) is 39.9 Å². The maximum absolute atomic E-state index is 15.6. The minimum Gasteiger partial charge on any atom is -0.457 e. The number of carbonyl (C=O) groups excluding carboxylic acids is 3. The number of carbonyl (C=O) groups is 3. The number of pyridine rings is 2. The molecule has 1 amide bonds. The van der Waals surface area contributed by atoms with E-state index < -0.39 is 52.8 Å². The third-order valence-corrected chi connectivity index (χ3v) is 12.5. The number of alkyl carbamates (subject to hydrolysis) is 1. The molecule has 0 bridgehead atoms. The minimum absolute atomic E-state index is 0.0455. The van der Waals surface area contributed by atoms with Crippen LogP contribution in [0.5, 0.6) is 5.75 Å². The molecular formula is C46H35FN4O10. The summed E-state index contributed by atoms with van der Waals surface area (Å²) in [6, 6.07) is 23.1. The van der Waals surface area contributed by atoms with Crippen molar-refractivity contribution in [3.05, 3.63) is 156 Å². The van der Waals surface area contributed by atoms with Gasteiger partial charge < -0.3 is 28.8 Å². The Hall–Kier alpha value is -7.42. The second-order valence-electron chi connectivity index (χ2n) is 15.5. The summed E-state index contributed by atoms with van der Waals surface area (Å²) in [6.07, 6.45) is -1.22. The number of nitrogens with one attached hydrogen (secondary N) is 1. The van der Waals surface area contributed by atoms with E-state index in [-0.39, 0.29) is 48.1 Å². The number of nitrogens with zero attached hydrogens (tertiary/aromatic N) is 3. The maximum atomic E-state index is 15.6. The zero-order chi connectivity index (χ0) is 42.3. The molecule has 0 unspecified atom stereocenters. The molecule has 1 N–H and O–H groups in total. The van der Waals surface area contributed by atoms with Gasteiger partial charge in [0.15, 0.2) is 0 Å². The van der Waals surface area contributed by atoms with E-state index in [1.54, 1.807) is 19.9 Å². The number of benzene rings is 4. The number of non-ortho nitro benzene ring substituents is 1. The van der Waals surface area contributed by atoms with E-state index >= 15 is 4.39 Å². The normalized spacial score (nSPS) is 18.0. The lowest BCUT2D eigenvalue weighted by Crippen LogP contribution is -2.47. The molecule has 0 fully saturated rings. The van der Waals surface area contributed by atoms with Crippen LogP contribution in [-0.4, -0.2) is 39.3 Å². The first-order valence-corrected chi connectivity index (χ1v) is 19.8. The van der Waals surface area contributed by atoms with Gasteiger partial charge in [0, 0.05) is 40.6 Å².